The smallest absolute Gasteiger partial charge is 0.335 e. The van der Waals surface area contributed by atoms with Gasteiger partial charge in [-0.3, -0.25) is 0 Å². The van der Waals surface area contributed by atoms with Crippen molar-refractivity contribution in [1.82, 2.24) is 4.98 Å². The van der Waals surface area contributed by atoms with Crippen LogP contribution in [0.5, 0.6) is 0 Å². The van der Waals surface area contributed by atoms with Crippen LogP contribution in [0.15, 0.2) is 59.0 Å². The van der Waals surface area contributed by atoms with E-state index < -0.39 is 18.7 Å². The van der Waals surface area contributed by atoms with Crippen molar-refractivity contribution in [3.05, 3.63) is 66.1 Å². The Balaban J connectivity index is 1.34. The number of carbonyl (C=O) groups is 1. The van der Waals surface area contributed by atoms with Gasteiger partial charge in [-0.05, 0) is 55.9 Å². The fraction of sp³-hybridized carbons (Fsp3) is 0.429. The zero-order chi connectivity index (χ0) is 25.3. The summed E-state index contributed by atoms with van der Waals surface area (Å²) in [6.45, 7) is 1.44. The minimum atomic E-state index is -1.03. The summed E-state index contributed by atoms with van der Waals surface area (Å²) in [5.41, 5.74) is 3.40. The molecule has 0 radical (unpaired) electrons. The van der Waals surface area contributed by atoms with Crippen molar-refractivity contribution in [1.29, 1.82) is 0 Å². The van der Waals surface area contributed by atoms with E-state index in [4.69, 9.17) is 18.6 Å². The number of nitrogens with zero attached hydrogens (tertiary/aromatic N) is 1. The van der Waals surface area contributed by atoms with Crippen LogP contribution in [-0.2, 0) is 32.3 Å². The molecule has 1 unspecified atom stereocenters. The molecule has 192 valence electrons. The average molecular weight is 498 g/mol. The molecule has 4 rings (SSSR count). The molecule has 0 saturated heterocycles. The van der Waals surface area contributed by atoms with Crippen molar-refractivity contribution in [2.45, 2.75) is 64.2 Å². The third-order valence-electron chi connectivity index (χ3n) is 6.30. The van der Waals surface area contributed by atoms with Crippen LogP contribution in [-0.4, -0.2) is 47.6 Å². The van der Waals surface area contributed by atoms with Crippen LogP contribution in [0.25, 0.3) is 22.6 Å². The van der Waals surface area contributed by atoms with Gasteiger partial charge in [0, 0.05) is 12.2 Å². The lowest BCUT2D eigenvalue weighted by Gasteiger charge is -2.29. The van der Waals surface area contributed by atoms with E-state index in [1.54, 1.807) is 6.92 Å². The molecule has 1 saturated carbocycles. The van der Waals surface area contributed by atoms with Gasteiger partial charge in [0.2, 0.25) is 5.89 Å². The first kappa shape index (κ1) is 26.0. The molecule has 1 N–H and O–H groups in total. The van der Waals surface area contributed by atoms with Crippen molar-refractivity contribution in [3.8, 4) is 22.6 Å². The van der Waals surface area contributed by atoms with E-state index in [-0.39, 0.29) is 31.2 Å². The third-order valence-corrected chi connectivity index (χ3v) is 6.30. The molecule has 36 heavy (non-hydrogen) atoms. The molecule has 2 aromatic carbocycles. The molecule has 7 nitrogen and oxygen atoms in total. The second kappa shape index (κ2) is 12.8. The first-order valence-electron chi connectivity index (χ1n) is 12.3. The highest BCUT2D eigenvalue weighted by atomic mass is 19.1. The van der Waals surface area contributed by atoms with Gasteiger partial charge in [-0.1, -0.05) is 42.5 Å². The van der Waals surface area contributed by atoms with Gasteiger partial charge in [-0.15, -0.1) is 0 Å². The Kier molecular flexibility index (Phi) is 9.22. The molecule has 1 heterocycles. The summed E-state index contributed by atoms with van der Waals surface area (Å²) in [5.74, 6) is -0.501. The number of halogens is 1. The Hall–Kier alpha value is -3.07. The Bertz CT molecular complexity index is 1100. The minimum Gasteiger partial charge on any atom is -0.479 e. The molecule has 0 amide bonds. The molecule has 1 aliphatic carbocycles. The average Bonchev–Trinajstić information content (AvgIpc) is 3.34. The number of aromatic nitrogens is 1. The highest BCUT2D eigenvalue weighted by Gasteiger charge is 2.27. The lowest BCUT2D eigenvalue weighted by atomic mass is 9.95. The SMILES string of the molecule is CCOC(CO[C@@H]1CCC[C@H](OCc2nc(-c3ccc(-c4ccccc4)cc3)oc2CF)C1)C(=O)O. The largest absolute Gasteiger partial charge is 0.479 e. The maximum atomic E-state index is 13.7. The Morgan fingerprint density at radius 2 is 1.72 bits per heavy atom. The summed E-state index contributed by atoms with van der Waals surface area (Å²) < 4.78 is 36.4. The third kappa shape index (κ3) is 6.78. The van der Waals surface area contributed by atoms with Gasteiger partial charge in [0.15, 0.2) is 11.9 Å². The van der Waals surface area contributed by atoms with E-state index in [1.807, 2.05) is 54.6 Å². The number of hydrogen-bond acceptors (Lipinski definition) is 6. The molecular weight excluding hydrogens is 465 g/mol. The summed E-state index contributed by atoms with van der Waals surface area (Å²) in [6, 6.07) is 17.8. The number of aliphatic carboxylic acids is 1. The molecule has 0 spiro atoms. The topological polar surface area (TPSA) is 91.0 Å². The number of oxazole rings is 1. The van der Waals surface area contributed by atoms with Crippen molar-refractivity contribution in [2.75, 3.05) is 13.2 Å². The minimum absolute atomic E-state index is 0.00225. The summed E-state index contributed by atoms with van der Waals surface area (Å²) in [4.78, 5) is 15.8. The Morgan fingerprint density at radius 1 is 1.06 bits per heavy atom. The standard InChI is InChI=1S/C28H32FNO6/c1-2-33-26(28(31)32)18-35-23-10-6-9-22(15-23)34-17-24-25(16-29)36-27(30-24)21-13-11-20(12-14-21)19-7-4-3-5-8-19/h3-5,7-8,11-14,22-23,26H,2,6,9-10,15-18H2,1H3,(H,31,32)/t22-,23+,26?/m0/s1. The number of alkyl halides is 1. The Morgan fingerprint density at radius 3 is 2.39 bits per heavy atom. The molecule has 0 aliphatic heterocycles. The lowest BCUT2D eigenvalue weighted by molar-refractivity contribution is -0.157. The molecule has 0 bridgehead atoms. The van der Waals surface area contributed by atoms with E-state index in [9.17, 15) is 14.3 Å². The number of benzene rings is 2. The molecule has 1 aromatic heterocycles. The Labute approximate surface area is 210 Å². The highest BCUT2D eigenvalue weighted by Crippen LogP contribution is 2.29. The highest BCUT2D eigenvalue weighted by molar-refractivity contribution is 5.72. The molecule has 1 aliphatic rings. The fourth-order valence-electron chi connectivity index (χ4n) is 4.38. The first-order valence-corrected chi connectivity index (χ1v) is 12.3. The van der Waals surface area contributed by atoms with Crippen molar-refractivity contribution in [2.24, 2.45) is 0 Å². The molecule has 3 atom stereocenters. The van der Waals surface area contributed by atoms with Crippen molar-refractivity contribution in [3.63, 3.8) is 0 Å². The monoisotopic (exact) mass is 497 g/mol. The number of ether oxygens (including phenoxy) is 3. The number of rotatable bonds is 12. The van der Waals surface area contributed by atoms with E-state index in [2.05, 4.69) is 4.98 Å². The van der Waals surface area contributed by atoms with E-state index in [0.717, 1.165) is 36.0 Å². The fourth-order valence-corrected chi connectivity index (χ4v) is 4.38. The summed E-state index contributed by atoms with van der Waals surface area (Å²) in [7, 11) is 0. The summed E-state index contributed by atoms with van der Waals surface area (Å²) in [6.07, 6.45) is 2.05. The molecule has 3 aromatic rings. The van der Waals surface area contributed by atoms with Crippen LogP contribution in [0, 0.1) is 0 Å². The summed E-state index contributed by atoms with van der Waals surface area (Å²) >= 11 is 0. The van der Waals surface area contributed by atoms with Gasteiger partial charge in [-0.25, -0.2) is 14.2 Å². The van der Waals surface area contributed by atoms with Crippen molar-refractivity contribution < 1.29 is 32.9 Å². The van der Waals surface area contributed by atoms with E-state index in [1.165, 1.54) is 0 Å². The van der Waals surface area contributed by atoms with Gasteiger partial charge in [0.1, 0.15) is 12.4 Å². The predicted molar refractivity (Wildman–Crippen MR) is 132 cm³/mol. The number of carboxylic acid groups (broad SMARTS) is 1. The normalized spacial score (nSPS) is 18.7. The predicted octanol–water partition coefficient (Wildman–Crippen LogP) is 5.81. The van der Waals surface area contributed by atoms with E-state index >= 15 is 0 Å². The summed E-state index contributed by atoms with van der Waals surface area (Å²) in [5, 5.41) is 9.22. The van der Waals surface area contributed by atoms with E-state index in [0.29, 0.717) is 24.6 Å². The van der Waals surface area contributed by atoms with Crippen LogP contribution in [0.4, 0.5) is 4.39 Å². The molecule has 8 heteroatoms. The second-order valence-corrected chi connectivity index (χ2v) is 8.80. The van der Waals surface area contributed by atoms with Crippen molar-refractivity contribution >= 4 is 5.97 Å². The lowest BCUT2D eigenvalue weighted by Crippen LogP contribution is -2.34. The van der Waals surface area contributed by atoms with Crippen LogP contribution in [0.1, 0.15) is 44.1 Å². The first-order chi connectivity index (χ1) is 17.6. The maximum absolute atomic E-state index is 13.7. The van der Waals surface area contributed by atoms with Gasteiger partial charge in [0.25, 0.3) is 0 Å². The maximum Gasteiger partial charge on any atom is 0.335 e. The quantitative estimate of drug-likeness (QED) is 0.338. The van der Waals surface area contributed by atoms with Crippen LogP contribution in [0.3, 0.4) is 0 Å². The van der Waals surface area contributed by atoms with Crippen LogP contribution in [0.2, 0.25) is 0 Å². The molecule has 1 fully saturated rings. The molecular formula is C28H32FNO6. The van der Waals surface area contributed by atoms with Gasteiger partial charge >= 0.3 is 5.97 Å². The van der Waals surface area contributed by atoms with Crippen LogP contribution >= 0.6 is 0 Å². The van der Waals surface area contributed by atoms with Gasteiger partial charge in [-0.2, -0.15) is 0 Å². The number of hydrogen-bond donors (Lipinski definition) is 1. The van der Waals surface area contributed by atoms with Gasteiger partial charge < -0.3 is 23.7 Å². The zero-order valence-electron chi connectivity index (χ0n) is 20.4. The van der Waals surface area contributed by atoms with Crippen LogP contribution < -0.4 is 0 Å². The second-order valence-electron chi connectivity index (χ2n) is 8.80. The van der Waals surface area contributed by atoms with Gasteiger partial charge in [0.05, 0.1) is 25.4 Å². The zero-order valence-corrected chi connectivity index (χ0v) is 20.4. The number of carboxylic acids is 1.